The van der Waals surface area contributed by atoms with E-state index in [9.17, 15) is 10.1 Å². The highest BCUT2D eigenvalue weighted by molar-refractivity contribution is 5.82. The minimum absolute atomic E-state index is 0.155. The third kappa shape index (κ3) is 7.02. The van der Waals surface area contributed by atoms with Gasteiger partial charge in [-0.15, -0.1) is 0 Å². The highest BCUT2D eigenvalue weighted by Crippen LogP contribution is 2.38. The smallest absolute Gasteiger partial charge is 0.412 e. The number of hydrogen-bond acceptors (Lipinski definition) is 6. The fourth-order valence-corrected chi connectivity index (χ4v) is 4.27. The van der Waals surface area contributed by atoms with Crippen molar-refractivity contribution in [2.75, 3.05) is 31.2 Å². The Hall–Kier alpha value is -3.50. The second kappa shape index (κ2) is 12.5. The predicted octanol–water partition coefficient (Wildman–Crippen LogP) is 5.83. The number of carbonyl (C=O) groups is 1. The van der Waals surface area contributed by atoms with E-state index in [0.29, 0.717) is 18.2 Å². The van der Waals surface area contributed by atoms with Crippen molar-refractivity contribution in [2.45, 2.75) is 52.1 Å². The van der Waals surface area contributed by atoms with Crippen molar-refractivity contribution in [2.24, 2.45) is 5.92 Å². The summed E-state index contributed by atoms with van der Waals surface area (Å²) in [4.78, 5) is 14.1. The molecule has 1 N–H and O–H groups in total. The molecule has 4 rings (SSSR count). The quantitative estimate of drug-likeness (QED) is 0.423. The molecule has 36 heavy (non-hydrogen) atoms. The fourth-order valence-electron chi connectivity index (χ4n) is 4.27. The number of allylic oxidation sites excluding steroid dienone is 1. The molecule has 0 radical (unpaired) electrons. The lowest BCUT2D eigenvalue weighted by molar-refractivity contribution is 0.0256. The average molecular weight is 490 g/mol. The number of nitrogens with zero attached hydrogens (tertiary/aromatic N) is 2. The molecule has 2 fully saturated rings. The normalized spacial score (nSPS) is 16.2. The summed E-state index contributed by atoms with van der Waals surface area (Å²) in [5, 5.41) is 12.4. The summed E-state index contributed by atoms with van der Waals surface area (Å²) in [5.41, 5.74) is 3.85. The second-order valence-corrected chi connectivity index (χ2v) is 9.43. The number of hydrogen-bond donors (Lipinski definition) is 1. The van der Waals surface area contributed by atoms with Gasteiger partial charge in [0.05, 0.1) is 25.0 Å². The Balaban J connectivity index is 1.59. The van der Waals surface area contributed by atoms with E-state index < -0.39 is 6.09 Å². The lowest BCUT2D eigenvalue weighted by Crippen LogP contribution is -2.27. The van der Waals surface area contributed by atoms with Crippen molar-refractivity contribution in [3.63, 3.8) is 0 Å². The molecule has 0 aromatic heterocycles. The van der Waals surface area contributed by atoms with Crippen molar-refractivity contribution >= 4 is 17.5 Å². The molecule has 1 amide bonds. The summed E-state index contributed by atoms with van der Waals surface area (Å²) in [7, 11) is 0. The van der Waals surface area contributed by atoms with Crippen LogP contribution in [0, 0.1) is 24.2 Å². The Morgan fingerprint density at radius 2 is 1.86 bits per heavy atom. The molecular weight excluding hydrogens is 454 g/mol. The number of rotatable bonds is 10. The van der Waals surface area contributed by atoms with Crippen molar-refractivity contribution < 1.29 is 19.0 Å². The van der Waals surface area contributed by atoms with Gasteiger partial charge in [0.15, 0.2) is 0 Å². The maximum Gasteiger partial charge on any atom is 0.412 e. The van der Waals surface area contributed by atoms with E-state index in [0.717, 1.165) is 67.3 Å². The molecule has 0 unspecified atom stereocenters. The zero-order valence-electron chi connectivity index (χ0n) is 21.2. The molecule has 0 spiro atoms. The second-order valence-electron chi connectivity index (χ2n) is 9.43. The lowest BCUT2D eigenvalue weighted by Gasteiger charge is -2.30. The molecule has 0 atom stereocenters. The maximum atomic E-state index is 11.9. The van der Waals surface area contributed by atoms with Gasteiger partial charge in [0.1, 0.15) is 17.6 Å². The van der Waals surface area contributed by atoms with Gasteiger partial charge < -0.3 is 24.4 Å². The van der Waals surface area contributed by atoms with E-state index in [2.05, 4.69) is 35.3 Å². The molecule has 1 saturated carbocycles. The highest BCUT2D eigenvalue weighted by Gasteiger charge is 2.28. The monoisotopic (exact) mass is 489 g/mol. The standard InChI is InChI=1S/C29H35N3O4/c1-3-16-31-29(33)36-24-10-7-23(8-11-24)27(12-15-30)32(20-22-5-6-22)28-19-26(9-4-21(28)2)35-25-13-17-34-18-14-25/h4,7-12,19,22,25H,3,5-6,13-14,16-18,20H2,1-2H3,(H,31,33)/b27-12+. The molecule has 0 bridgehead atoms. The average Bonchev–Trinajstić information content (AvgIpc) is 3.72. The first-order chi connectivity index (χ1) is 17.6. The number of aryl methyl sites for hydroxylation is 1. The van der Waals surface area contributed by atoms with E-state index >= 15 is 0 Å². The Morgan fingerprint density at radius 1 is 1.14 bits per heavy atom. The largest absolute Gasteiger partial charge is 0.490 e. The first-order valence-corrected chi connectivity index (χ1v) is 12.9. The molecule has 1 aliphatic heterocycles. The summed E-state index contributed by atoms with van der Waals surface area (Å²) < 4.78 is 17.1. The fraction of sp³-hybridized carbons (Fsp3) is 0.448. The zero-order valence-corrected chi connectivity index (χ0v) is 21.2. The third-order valence-corrected chi connectivity index (χ3v) is 6.45. The molecule has 2 aliphatic rings. The van der Waals surface area contributed by atoms with Gasteiger partial charge in [0.2, 0.25) is 0 Å². The van der Waals surface area contributed by atoms with E-state index in [1.54, 1.807) is 18.2 Å². The highest BCUT2D eigenvalue weighted by atomic mass is 16.6. The summed E-state index contributed by atoms with van der Waals surface area (Å²) in [6.45, 7) is 6.92. The number of carbonyl (C=O) groups excluding carboxylic acids is 1. The van der Waals surface area contributed by atoms with Crippen LogP contribution >= 0.6 is 0 Å². The van der Waals surface area contributed by atoms with Crippen molar-refractivity contribution in [3.05, 3.63) is 59.7 Å². The number of ether oxygens (including phenoxy) is 3. The Morgan fingerprint density at radius 3 is 2.53 bits per heavy atom. The number of anilines is 1. The van der Waals surface area contributed by atoms with Gasteiger partial charge in [-0.2, -0.15) is 5.26 Å². The molecular formula is C29H35N3O4. The van der Waals surface area contributed by atoms with Gasteiger partial charge in [0.25, 0.3) is 0 Å². The van der Waals surface area contributed by atoms with Gasteiger partial charge in [-0.05, 0) is 73.6 Å². The van der Waals surface area contributed by atoms with Gasteiger partial charge >= 0.3 is 6.09 Å². The van der Waals surface area contributed by atoms with E-state index in [1.165, 1.54) is 12.8 Å². The Labute approximate surface area is 213 Å². The van der Waals surface area contributed by atoms with Gasteiger partial charge in [-0.25, -0.2) is 4.79 Å². The summed E-state index contributed by atoms with van der Waals surface area (Å²) >= 11 is 0. The Bertz CT molecular complexity index is 1100. The van der Waals surface area contributed by atoms with Crippen LogP contribution in [-0.2, 0) is 4.74 Å². The summed E-state index contributed by atoms with van der Waals surface area (Å²) in [5.74, 6) is 1.89. The minimum atomic E-state index is -0.468. The molecule has 7 nitrogen and oxygen atoms in total. The summed E-state index contributed by atoms with van der Waals surface area (Å²) in [6.07, 6.45) is 6.28. The number of amides is 1. The van der Waals surface area contributed by atoms with E-state index in [-0.39, 0.29) is 6.10 Å². The third-order valence-electron chi connectivity index (χ3n) is 6.45. The van der Waals surface area contributed by atoms with Crippen LogP contribution in [0.5, 0.6) is 11.5 Å². The molecule has 7 heteroatoms. The number of nitriles is 1. The van der Waals surface area contributed by atoms with E-state index in [1.807, 2.05) is 25.1 Å². The first kappa shape index (κ1) is 25.6. The van der Waals surface area contributed by atoms with Gasteiger partial charge in [0, 0.05) is 43.8 Å². The predicted molar refractivity (Wildman–Crippen MR) is 140 cm³/mol. The molecule has 1 heterocycles. The van der Waals surface area contributed by atoms with Crippen molar-refractivity contribution in [3.8, 4) is 17.6 Å². The van der Waals surface area contributed by atoms with Gasteiger partial charge in [-0.1, -0.05) is 13.0 Å². The maximum absolute atomic E-state index is 11.9. The van der Waals surface area contributed by atoms with Crippen LogP contribution in [-0.4, -0.2) is 38.5 Å². The SMILES string of the molecule is CCCNC(=O)Oc1ccc(/C(=C\C#N)N(CC2CC2)c2cc(OC3CCOCC3)ccc2C)cc1. The topological polar surface area (TPSA) is 83.8 Å². The molecule has 2 aromatic carbocycles. The lowest BCUT2D eigenvalue weighted by atomic mass is 10.1. The summed E-state index contributed by atoms with van der Waals surface area (Å²) in [6, 6.07) is 15.7. The van der Waals surface area contributed by atoms with Crippen LogP contribution in [0.15, 0.2) is 48.5 Å². The van der Waals surface area contributed by atoms with Crippen LogP contribution in [0.4, 0.5) is 10.5 Å². The van der Waals surface area contributed by atoms with Crippen LogP contribution in [0.2, 0.25) is 0 Å². The van der Waals surface area contributed by atoms with Crippen LogP contribution in [0.3, 0.4) is 0 Å². The Kier molecular flexibility index (Phi) is 8.85. The minimum Gasteiger partial charge on any atom is -0.490 e. The number of nitrogens with one attached hydrogen (secondary N) is 1. The zero-order chi connectivity index (χ0) is 25.3. The van der Waals surface area contributed by atoms with Crippen molar-refractivity contribution in [1.82, 2.24) is 5.32 Å². The molecule has 2 aromatic rings. The molecule has 190 valence electrons. The van der Waals surface area contributed by atoms with Gasteiger partial charge in [-0.3, -0.25) is 0 Å². The van der Waals surface area contributed by atoms with E-state index in [4.69, 9.17) is 14.2 Å². The molecule has 1 aliphatic carbocycles. The van der Waals surface area contributed by atoms with Crippen LogP contribution < -0.4 is 19.7 Å². The molecule has 1 saturated heterocycles. The first-order valence-electron chi connectivity index (χ1n) is 12.9. The van der Waals surface area contributed by atoms with Crippen LogP contribution in [0.25, 0.3) is 5.70 Å². The van der Waals surface area contributed by atoms with Crippen LogP contribution in [0.1, 0.15) is 50.2 Å². The van der Waals surface area contributed by atoms with Crippen molar-refractivity contribution in [1.29, 1.82) is 5.26 Å². The number of benzene rings is 2.